The van der Waals surface area contributed by atoms with Gasteiger partial charge in [0.2, 0.25) is 0 Å². The molecule has 0 amide bonds. The van der Waals surface area contributed by atoms with E-state index in [1.165, 1.54) is 30.8 Å². The van der Waals surface area contributed by atoms with Crippen LogP contribution in [0.4, 0.5) is 0 Å². The second kappa shape index (κ2) is 3.47. The summed E-state index contributed by atoms with van der Waals surface area (Å²) in [5.41, 5.74) is 1.33. The van der Waals surface area contributed by atoms with Crippen molar-refractivity contribution in [2.45, 2.75) is 44.6 Å². The molecule has 1 fully saturated rings. The number of imidazole rings is 1. The zero-order valence-electron chi connectivity index (χ0n) is 8.85. The largest absolute Gasteiger partial charge is 0.331 e. The first-order chi connectivity index (χ1) is 7.38. The average molecular weight is 204 g/mol. The maximum absolute atomic E-state index is 10.8. The molecule has 1 aliphatic carbocycles. The van der Waals surface area contributed by atoms with Crippen LogP contribution in [0, 0.1) is 5.92 Å². The fraction of sp³-hybridized carbons (Fsp3) is 0.667. The minimum Gasteiger partial charge on any atom is -0.331 e. The van der Waals surface area contributed by atoms with Crippen molar-refractivity contribution in [2.75, 3.05) is 0 Å². The Morgan fingerprint density at radius 2 is 2.27 bits per heavy atom. The summed E-state index contributed by atoms with van der Waals surface area (Å²) in [4.78, 5) is 15.4. The fourth-order valence-corrected chi connectivity index (χ4v) is 2.60. The van der Waals surface area contributed by atoms with Gasteiger partial charge in [-0.15, -0.1) is 0 Å². The smallest absolute Gasteiger partial charge is 0.124 e. The molecular weight excluding hydrogens is 188 g/mol. The maximum atomic E-state index is 10.8. The van der Waals surface area contributed by atoms with Crippen LogP contribution >= 0.6 is 0 Å². The summed E-state index contributed by atoms with van der Waals surface area (Å²) >= 11 is 0. The predicted molar refractivity (Wildman–Crippen MR) is 56.7 cm³/mol. The lowest BCUT2D eigenvalue weighted by Crippen LogP contribution is -2.25. The Morgan fingerprint density at radius 3 is 2.93 bits per heavy atom. The molecule has 0 radical (unpaired) electrons. The minimum atomic E-state index is 0.213. The summed E-state index contributed by atoms with van der Waals surface area (Å²) in [6.07, 6.45) is 9.03. The van der Waals surface area contributed by atoms with E-state index >= 15 is 0 Å². The van der Waals surface area contributed by atoms with Crippen molar-refractivity contribution in [1.29, 1.82) is 0 Å². The third kappa shape index (κ3) is 1.41. The second-order valence-electron chi connectivity index (χ2n) is 4.78. The van der Waals surface area contributed by atoms with E-state index in [-0.39, 0.29) is 5.92 Å². The van der Waals surface area contributed by atoms with Crippen molar-refractivity contribution in [3.63, 3.8) is 0 Å². The van der Waals surface area contributed by atoms with Crippen LogP contribution in [0.15, 0.2) is 6.20 Å². The van der Waals surface area contributed by atoms with Crippen molar-refractivity contribution in [3.8, 4) is 0 Å². The molecule has 3 heteroatoms. The van der Waals surface area contributed by atoms with Gasteiger partial charge in [0.25, 0.3) is 0 Å². The molecule has 3 nitrogen and oxygen atoms in total. The zero-order chi connectivity index (χ0) is 10.3. The highest BCUT2D eigenvalue weighted by atomic mass is 16.1. The molecule has 15 heavy (non-hydrogen) atoms. The number of rotatable bonds is 2. The molecule has 2 heterocycles. The van der Waals surface area contributed by atoms with Gasteiger partial charge in [0.1, 0.15) is 12.1 Å². The lowest BCUT2D eigenvalue weighted by molar-refractivity contribution is -0.111. The van der Waals surface area contributed by atoms with E-state index in [0.717, 1.165) is 25.7 Å². The Balaban J connectivity index is 1.90. The van der Waals surface area contributed by atoms with Crippen LogP contribution in [0.2, 0.25) is 0 Å². The number of fused-ring (bicyclic) bond motifs is 1. The van der Waals surface area contributed by atoms with Crippen LogP contribution in [0.3, 0.4) is 0 Å². The van der Waals surface area contributed by atoms with Crippen LogP contribution in [-0.4, -0.2) is 15.8 Å². The molecule has 0 spiro atoms. The predicted octanol–water partition coefficient (Wildman–Crippen LogP) is 1.91. The first-order valence-corrected chi connectivity index (χ1v) is 5.88. The van der Waals surface area contributed by atoms with Crippen LogP contribution in [-0.2, 0) is 17.8 Å². The van der Waals surface area contributed by atoms with Gasteiger partial charge < -0.3 is 9.36 Å². The maximum Gasteiger partial charge on any atom is 0.124 e. The number of aromatic nitrogens is 2. The van der Waals surface area contributed by atoms with Crippen LogP contribution in [0.25, 0.3) is 0 Å². The highest BCUT2D eigenvalue weighted by molar-refractivity contribution is 5.53. The van der Waals surface area contributed by atoms with Crippen molar-refractivity contribution in [2.24, 2.45) is 5.92 Å². The van der Waals surface area contributed by atoms with E-state index in [0.29, 0.717) is 5.92 Å². The Bertz CT molecular complexity index is 379. The molecule has 1 unspecified atom stereocenters. The number of carbonyl (C=O) groups is 1. The molecule has 2 aliphatic rings. The molecule has 1 atom stereocenters. The summed E-state index contributed by atoms with van der Waals surface area (Å²) in [6.45, 7) is 0.866. The molecule has 1 aliphatic heterocycles. The van der Waals surface area contributed by atoms with E-state index in [9.17, 15) is 4.79 Å². The third-order valence-corrected chi connectivity index (χ3v) is 3.82. The van der Waals surface area contributed by atoms with Crippen molar-refractivity contribution in [3.05, 3.63) is 17.7 Å². The number of hydrogen-bond acceptors (Lipinski definition) is 2. The van der Waals surface area contributed by atoms with Crippen molar-refractivity contribution >= 4 is 6.29 Å². The summed E-state index contributed by atoms with van der Waals surface area (Å²) in [5.74, 6) is 2.12. The first kappa shape index (κ1) is 9.13. The molecule has 1 saturated carbocycles. The van der Waals surface area contributed by atoms with Crippen molar-refractivity contribution in [1.82, 2.24) is 9.55 Å². The van der Waals surface area contributed by atoms with Crippen LogP contribution < -0.4 is 0 Å². The Hall–Kier alpha value is -1.12. The topological polar surface area (TPSA) is 34.9 Å². The van der Waals surface area contributed by atoms with E-state index in [1.54, 1.807) is 0 Å². The van der Waals surface area contributed by atoms with Gasteiger partial charge in [-0.05, 0) is 25.7 Å². The zero-order valence-corrected chi connectivity index (χ0v) is 8.85. The molecule has 1 aromatic rings. The lowest BCUT2D eigenvalue weighted by atomic mass is 9.84. The molecule has 3 rings (SSSR count). The molecule has 0 N–H and O–H groups in total. The highest BCUT2D eigenvalue weighted by Gasteiger charge is 2.28. The number of aldehydes is 1. The van der Waals surface area contributed by atoms with Gasteiger partial charge in [-0.3, -0.25) is 0 Å². The van der Waals surface area contributed by atoms with Gasteiger partial charge in [-0.1, -0.05) is 6.42 Å². The van der Waals surface area contributed by atoms with E-state index < -0.39 is 0 Å². The molecule has 80 valence electrons. The van der Waals surface area contributed by atoms with Crippen molar-refractivity contribution < 1.29 is 4.79 Å². The van der Waals surface area contributed by atoms with E-state index in [1.807, 2.05) is 6.20 Å². The van der Waals surface area contributed by atoms with Crippen LogP contribution in [0.5, 0.6) is 0 Å². The number of nitrogens with zero attached hydrogens (tertiary/aromatic N) is 2. The first-order valence-electron chi connectivity index (χ1n) is 5.88. The van der Waals surface area contributed by atoms with Gasteiger partial charge >= 0.3 is 0 Å². The lowest BCUT2D eigenvalue weighted by Gasteiger charge is -2.28. The van der Waals surface area contributed by atoms with E-state index in [2.05, 4.69) is 9.55 Å². The fourth-order valence-electron chi connectivity index (χ4n) is 2.60. The van der Waals surface area contributed by atoms with Gasteiger partial charge in [0.05, 0.1) is 0 Å². The Labute approximate surface area is 89.5 Å². The number of carbonyl (C=O) groups excluding carboxylic acids is 1. The molecule has 0 bridgehead atoms. The van der Waals surface area contributed by atoms with Crippen LogP contribution in [0.1, 0.15) is 43.1 Å². The van der Waals surface area contributed by atoms with E-state index in [4.69, 9.17) is 0 Å². The average Bonchev–Trinajstić information content (AvgIpc) is 2.59. The summed E-state index contributed by atoms with van der Waals surface area (Å²) < 4.78 is 2.30. The number of aryl methyl sites for hydroxylation is 1. The Morgan fingerprint density at radius 1 is 1.40 bits per heavy atom. The molecular formula is C12H16N2O. The van der Waals surface area contributed by atoms with Gasteiger partial charge in [0, 0.05) is 30.3 Å². The second-order valence-corrected chi connectivity index (χ2v) is 4.78. The quantitative estimate of drug-likeness (QED) is 0.690. The molecule has 1 aromatic heterocycles. The summed E-state index contributed by atoms with van der Waals surface area (Å²) in [7, 11) is 0. The molecule has 0 aromatic carbocycles. The summed E-state index contributed by atoms with van der Waals surface area (Å²) in [5, 5.41) is 0. The summed E-state index contributed by atoms with van der Waals surface area (Å²) in [6, 6.07) is 0. The third-order valence-electron chi connectivity index (χ3n) is 3.82. The Kier molecular flexibility index (Phi) is 2.11. The standard InChI is InChI=1S/C12H16N2O/c15-8-9-4-5-11-6-13-12(14(11)7-9)10-2-1-3-10/h6,8-10H,1-5,7H2. The SMILES string of the molecule is O=CC1CCc2cnc(C3CCC3)n2C1. The normalized spacial score (nSPS) is 25.7. The van der Waals surface area contributed by atoms with Gasteiger partial charge in [-0.25, -0.2) is 4.98 Å². The number of hydrogen-bond donors (Lipinski definition) is 0. The van der Waals surface area contributed by atoms with Gasteiger partial charge in [-0.2, -0.15) is 0 Å². The monoisotopic (exact) mass is 204 g/mol. The highest BCUT2D eigenvalue weighted by Crippen LogP contribution is 2.37. The van der Waals surface area contributed by atoms with Gasteiger partial charge in [0.15, 0.2) is 0 Å². The molecule has 0 saturated heterocycles. The minimum absolute atomic E-state index is 0.213.